The van der Waals surface area contributed by atoms with Crippen LogP contribution in [-0.2, 0) is 4.79 Å². The van der Waals surface area contributed by atoms with Crippen LogP contribution < -0.4 is 15.9 Å². The normalized spacial score (nSPS) is 11.3. The zero-order chi connectivity index (χ0) is 24.1. The van der Waals surface area contributed by atoms with Gasteiger partial charge in [-0.25, -0.2) is 10.4 Å². The van der Waals surface area contributed by atoms with Gasteiger partial charge in [0.1, 0.15) is 5.75 Å². The van der Waals surface area contributed by atoms with Crippen LogP contribution in [0.1, 0.15) is 22.8 Å². The van der Waals surface area contributed by atoms with Gasteiger partial charge in [0.2, 0.25) is 0 Å². The second-order valence-electron chi connectivity index (χ2n) is 7.50. The summed E-state index contributed by atoms with van der Waals surface area (Å²) in [5.74, 6) is -0.390. The molecule has 7 nitrogen and oxygen atoms in total. The fraction of sp³-hybridized carbons (Fsp3) is 0.0769. The molecule has 2 amide bonds. The lowest BCUT2D eigenvalue weighted by atomic mass is 10.0. The van der Waals surface area contributed by atoms with Crippen LogP contribution in [0.5, 0.6) is 5.75 Å². The largest absolute Gasteiger partial charge is 0.484 e. The zero-order valence-corrected chi connectivity index (χ0v) is 19.0. The minimum absolute atomic E-state index is 0.194. The van der Waals surface area contributed by atoms with Gasteiger partial charge in [-0.3, -0.25) is 9.59 Å². The van der Waals surface area contributed by atoms with Gasteiger partial charge in [-0.2, -0.15) is 5.10 Å². The van der Waals surface area contributed by atoms with E-state index in [9.17, 15) is 9.59 Å². The van der Waals surface area contributed by atoms with Crippen molar-refractivity contribution in [2.24, 2.45) is 10.8 Å². The molecule has 0 radical (unpaired) electrons. The highest BCUT2D eigenvalue weighted by Gasteiger charge is 2.14. The molecule has 0 bridgehead atoms. The Hall–Kier alpha value is -4.23. The quantitative estimate of drug-likeness (QED) is 0.303. The van der Waals surface area contributed by atoms with Crippen LogP contribution in [-0.4, -0.2) is 29.1 Å². The van der Waals surface area contributed by atoms with Gasteiger partial charge in [-0.15, -0.1) is 0 Å². The number of amides is 2. The molecule has 34 heavy (non-hydrogen) atoms. The summed E-state index contributed by atoms with van der Waals surface area (Å²) < 4.78 is 5.26. The molecular formula is C26H21ClN4O3. The Bertz CT molecular complexity index is 1380. The number of primary amides is 1. The molecule has 0 saturated carbocycles. The van der Waals surface area contributed by atoms with Crippen LogP contribution in [0.4, 0.5) is 0 Å². The number of nitrogens with zero attached hydrogens (tertiary/aromatic N) is 2. The van der Waals surface area contributed by atoms with Gasteiger partial charge in [0.05, 0.1) is 22.5 Å². The SMILES string of the molecule is C/C(=N\NC(=O)c1cc(-c2ccc(Cl)cc2)nc2ccccc12)c1ccc(OCC(N)=O)cc1. The number of hydrogen-bond donors (Lipinski definition) is 2. The number of hydrogen-bond acceptors (Lipinski definition) is 5. The lowest BCUT2D eigenvalue weighted by Crippen LogP contribution is -2.20. The van der Waals surface area contributed by atoms with Gasteiger partial charge < -0.3 is 10.5 Å². The molecule has 4 aromatic rings. The third-order valence-electron chi connectivity index (χ3n) is 5.08. The number of carbonyl (C=O) groups excluding carboxylic acids is 2. The van der Waals surface area contributed by atoms with E-state index < -0.39 is 5.91 Å². The van der Waals surface area contributed by atoms with E-state index in [0.29, 0.717) is 33.3 Å². The van der Waals surface area contributed by atoms with Crippen LogP contribution in [0.2, 0.25) is 5.02 Å². The number of ether oxygens (including phenoxy) is 1. The lowest BCUT2D eigenvalue weighted by Gasteiger charge is -2.10. The molecule has 0 atom stereocenters. The summed E-state index contributed by atoms with van der Waals surface area (Å²) in [6.45, 7) is 1.59. The molecule has 8 heteroatoms. The highest BCUT2D eigenvalue weighted by molar-refractivity contribution is 6.30. The minimum atomic E-state index is -0.549. The fourth-order valence-corrected chi connectivity index (χ4v) is 3.46. The molecule has 170 valence electrons. The zero-order valence-electron chi connectivity index (χ0n) is 18.3. The lowest BCUT2D eigenvalue weighted by molar-refractivity contribution is -0.119. The molecule has 1 aromatic heterocycles. The number of benzene rings is 3. The molecule has 1 heterocycles. The Morgan fingerprint density at radius 2 is 1.74 bits per heavy atom. The van der Waals surface area contributed by atoms with Crippen LogP contribution in [0, 0.1) is 0 Å². The van der Waals surface area contributed by atoms with Gasteiger partial charge in [0.15, 0.2) is 6.61 Å². The van der Waals surface area contributed by atoms with Gasteiger partial charge in [0, 0.05) is 16.0 Å². The standard InChI is InChI=1S/C26H21ClN4O3/c1-16(17-8-12-20(13-9-17)34-15-25(28)32)30-31-26(33)22-14-24(18-6-10-19(27)11-7-18)29-23-5-3-2-4-21(22)23/h2-14H,15H2,1H3,(H2,28,32)(H,31,33)/b30-16+. The average molecular weight is 473 g/mol. The van der Waals surface area contributed by atoms with Crippen molar-refractivity contribution in [1.29, 1.82) is 0 Å². The first-order chi connectivity index (χ1) is 16.4. The number of nitrogens with one attached hydrogen (secondary N) is 1. The first-order valence-corrected chi connectivity index (χ1v) is 10.8. The van der Waals surface area contributed by atoms with E-state index in [-0.39, 0.29) is 12.5 Å². The summed E-state index contributed by atoms with van der Waals surface area (Å²) in [6.07, 6.45) is 0. The van der Waals surface area contributed by atoms with E-state index in [4.69, 9.17) is 27.1 Å². The molecule has 0 aliphatic rings. The molecule has 4 rings (SSSR count). The van der Waals surface area contributed by atoms with Crippen molar-refractivity contribution < 1.29 is 14.3 Å². The van der Waals surface area contributed by atoms with Gasteiger partial charge in [-0.1, -0.05) is 41.9 Å². The van der Waals surface area contributed by atoms with E-state index in [1.807, 2.05) is 36.4 Å². The number of pyridine rings is 1. The minimum Gasteiger partial charge on any atom is -0.484 e. The van der Waals surface area contributed by atoms with Gasteiger partial charge in [-0.05, 0) is 61.0 Å². The second kappa shape index (κ2) is 10.1. The highest BCUT2D eigenvalue weighted by atomic mass is 35.5. The Balaban J connectivity index is 1.58. The predicted molar refractivity (Wildman–Crippen MR) is 133 cm³/mol. The summed E-state index contributed by atoms with van der Waals surface area (Å²) in [5, 5.41) is 5.61. The molecular weight excluding hydrogens is 452 g/mol. The van der Waals surface area contributed by atoms with Crippen LogP contribution in [0.15, 0.2) is 84.0 Å². The Labute approximate surface area is 201 Å². The smallest absolute Gasteiger partial charge is 0.272 e. The third-order valence-corrected chi connectivity index (χ3v) is 5.33. The maximum atomic E-state index is 13.1. The fourth-order valence-electron chi connectivity index (χ4n) is 3.34. The molecule has 0 saturated heterocycles. The Morgan fingerprint density at radius 3 is 2.44 bits per heavy atom. The van der Waals surface area contributed by atoms with E-state index in [1.54, 1.807) is 49.4 Å². The molecule has 0 unspecified atom stereocenters. The summed E-state index contributed by atoms with van der Waals surface area (Å²) in [5.41, 5.74) is 11.8. The number of nitrogens with two attached hydrogens (primary N) is 1. The number of aromatic nitrogens is 1. The number of hydrazone groups is 1. The highest BCUT2D eigenvalue weighted by Crippen LogP contribution is 2.26. The van der Waals surface area contributed by atoms with Gasteiger partial charge >= 0.3 is 0 Å². The molecule has 0 aliphatic heterocycles. The monoisotopic (exact) mass is 472 g/mol. The maximum Gasteiger partial charge on any atom is 0.272 e. The molecule has 0 aliphatic carbocycles. The Morgan fingerprint density at radius 1 is 1.03 bits per heavy atom. The summed E-state index contributed by atoms with van der Waals surface area (Å²) >= 11 is 6.01. The maximum absolute atomic E-state index is 13.1. The van der Waals surface area contributed by atoms with Crippen molar-refractivity contribution in [3.63, 3.8) is 0 Å². The molecule has 0 fully saturated rings. The number of fused-ring (bicyclic) bond motifs is 1. The summed E-state index contributed by atoms with van der Waals surface area (Å²) in [4.78, 5) is 28.6. The van der Waals surface area contributed by atoms with Crippen LogP contribution in [0.25, 0.3) is 22.2 Å². The van der Waals surface area contributed by atoms with Crippen molar-refractivity contribution in [2.45, 2.75) is 6.92 Å². The van der Waals surface area contributed by atoms with Crippen molar-refractivity contribution in [3.8, 4) is 17.0 Å². The van der Waals surface area contributed by atoms with Crippen LogP contribution >= 0.6 is 11.6 Å². The van der Waals surface area contributed by atoms with Crippen molar-refractivity contribution >= 4 is 40.0 Å². The second-order valence-corrected chi connectivity index (χ2v) is 7.93. The van der Waals surface area contributed by atoms with Crippen molar-refractivity contribution in [3.05, 3.63) is 95.0 Å². The van der Waals surface area contributed by atoms with E-state index >= 15 is 0 Å². The first kappa shape index (κ1) is 22.9. The summed E-state index contributed by atoms with van der Waals surface area (Å²) in [7, 11) is 0. The number of halogens is 1. The van der Waals surface area contributed by atoms with Crippen molar-refractivity contribution in [1.82, 2.24) is 10.4 Å². The van der Waals surface area contributed by atoms with Crippen LogP contribution in [0.3, 0.4) is 0 Å². The Kier molecular flexibility index (Phi) is 6.85. The number of para-hydroxylation sites is 1. The van der Waals surface area contributed by atoms with E-state index in [0.717, 1.165) is 16.5 Å². The van der Waals surface area contributed by atoms with E-state index in [1.165, 1.54) is 0 Å². The first-order valence-electron chi connectivity index (χ1n) is 10.4. The molecule has 3 aromatic carbocycles. The summed E-state index contributed by atoms with van der Waals surface area (Å²) in [6, 6.07) is 23.5. The third kappa shape index (κ3) is 5.39. The van der Waals surface area contributed by atoms with E-state index in [2.05, 4.69) is 10.5 Å². The predicted octanol–water partition coefficient (Wildman–Crippen LogP) is 4.57. The van der Waals surface area contributed by atoms with Crippen molar-refractivity contribution in [2.75, 3.05) is 6.61 Å². The number of rotatable bonds is 7. The van der Waals surface area contributed by atoms with Gasteiger partial charge in [0.25, 0.3) is 11.8 Å². The molecule has 0 spiro atoms. The topological polar surface area (TPSA) is 107 Å². The molecule has 3 N–H and O–H groups in total. The average Bonchev–Trinajstić information content (AvgIpc) is 2.86. The number of carbonyl (C=O) groups is 2.